The molecule has 1 fully saturated rings. The highest BCUT2D eigenvalue weighted by Gasteiger charge is 2.20. The van der Waals surface area contributed by atoms with E-state index in [4.69, 9.17) is 23.2 Å². The maximum Gasteiger partial charge on any atom is 0.253 e. The van der Waals surface area contributed by atoms with Crippen molar-refractivity contribution >= 4 is 47.2 Å². The van der Waals surface area contributed by atoms with E-state index in [1.165, 1.54) is 5.56 Å². The van der Waals surface area contributed by atoms with Crippen LogP contribution in [-0.4, -0.2) is 54.6 Å². The second kappa shape index (κ2) is 12.9. The van der Waals surface area contributed by atoms with E-state index in [0.29, 0.717) is 16.6 Å². The molecule has 4 rings (SSSR count). The van der Waals surface area contributed by atoms with Crippen LogP contribution in [0.15, 0.2) is 48.5 Å². The normalized spacial score (nSPS) is 14.0. The summed E-state index contributed by atoms with van der Waals surface area (Å²) in [6, 6.07) is 16.3. The number of halogens is 3. The molecule has 1 aromatic heterocycles. The molecule has 36 heavy (non-hydrogen) atoms. The second-order valence-corrected chi connectivity index (χ2v) is 9.94. The van der Waals surface area contributed by atoms with Crippen molar-refractivity contribution in [3.8, 4) is 11.3 Å². The number of amides is 1. The lowest BCUT2D eigenvalue weighted by atomic mass is 10.1. The lowest BCUT2D eigenvalue weighted by Crippen LogP contribution is -2.47. The molecular formula is C28H35Cl3N4O. The van der Waals surface area contributed by atoms with Gasteiger partial charge in [0.2, 0.25) is 0 Å². The number of anilines is 1. The van der Waals surface area contributed by atoms with Crippen LogP contribution >= 0.6 is 35.6 Å². The number of carbonyl (C=O) groups is 1. The predicted octanol–water partition coefficient (Wildman–Crippen LogP) is 6.46. The molecule has 1 N–H and O–H groups in total. The topological polar surface area (TPSA) is 40.5 Å². The van der Waals surface area contributed by atoms with E-state index in [-0.39, 0.29) is 18.3 Å². The van der Waals surface area contributed by atoms with Crippen LogP contribution < -0.4 is 10.2 Å². The molecule has 3 aromatic rings. The van der Waals surface area contributed by atoms with Crippen molar-refractivity contribution in [3.05, 3.63) is 75.4 Å². The highest BCUT2D eigenvalue weighted by Crippen LogP contribution is 2.33. The predicted molar refractivity (Wildman–Crippen MR) is 154 cm³/mol. The molecule has 1 amide bonds. The van der Waals surface area contributed by atoms with Crippen LogP contribution in [0.5, 0.6) is 0 Å². The van der Waals surface area contributed by atoms with E-state index >= 15 is 0 Å². The zero-order chi connectivity index (χ0) is 24.9. The van der Waals surface area contributed by atoms with E-state index in [2.05, 4.69) is 57.8 Å². The van der Waals surface area contributed by atoms with Gasteiger partial charge in [0, 0.05) is 50.7 Å². The number of hydrogen-bond acceptors (Lipinski definition) is 3. The van der Waals surface area contributed by atoms with Gasteiger partial charge in [-0.25, -0.2) is 0 Å². The smallest absolute Gasteiger partial charge is 0.253 e. The summed E-state index contributed by atoms with van der Waals surface area (Å²) in [7, 11) is 0. The molecule has 0 atom stereocenters. The van der Waals surface area contributed by atoms with E-state index in [9.17, 15) is 4.79 Å². The summed E-state index contributed by atoms with van der Waals surface area (Å²) in [5.41, 5.74) is 6.23. The van der Waals surface area contributed by atoms with Crippen molar-refractivity contribution in [1.29, 1.82) is 0 Å². The molecule has 0 saturated carbocycles. The molecule has 0 aliphatic carbocycles. The van der Waals surface area contributed by atoms with Gasteiger partial charge in [-0.15, -0.1) is 12.4 Å². The number of rotatable bonds is 8. The average Bonchev–Trinajstić information content (AvgIpc) is 3.20. The third-order valence-electron chi connectivity index (χ3n) is 6.86. The molecule has 0 unspecified atom stereocenters. The Labute approximate surface area is 230 Å². The SMILES string of the molecule is CCn1c(-c2ccc(C)cc2)cc(C(=O)NCCCN2CCN(c3cccc(Cl)c3Cl)CC2)c1C.Cl. The van der Waals surface area contributed by atoms with Crippen LogP contribution in [-0.2, 0) is 6.54 Å². The summed E-state index contributed by atoms with van der Waals surface area (Å²) in [5, 5.41) is 4.35. The van der Waals surface area contributed by atoms with E-state index < -0.39 is 0 Å². The fourth-order valence-electron chi connectivity index (χ4n) is 4.79. The molecule has 8 heteroatoms. The molecule has 1 saturated heterocycles. The molecule has 5 nitrogen and oxygen atoms in total. The number of carbonyl (C=O) groups excluding carboxylic acids is 1. The quantitative estimate of drug-likeness (QED) is 0.328. The molecule has 1 aliphatic heterocycles. The first-order chi connectivity index (χ1) is 16.9. The zero-order valence-corrected chi connectivity index (χ0v) is 23.5. The Bertz CT molecular complexity index is 1170. The van der Waals surface area contributed by atoms with Crippen molar-refractivity contribution in [2.75, 3.05) is 44.2 Å². The first kappa shape index (κ1) is 28.4. The van der Waals surface area contributed by atoms with Gasteiger partial charge in [-0.05, 0) is 57.5 Å². The highest BCUT2D eigenvalue weighted by atomic mass is 35.5. The Balaban J connectivity index is 0.00000361. The Morgan fingerprint density at radius 3 is 2.36 bits per heavy atom. The molecular weight excluding hydrogens is 515 g/mol. The number of aromatic nitrogens is 1. The minimum absolute atomic E-state index is 0. The first-order valence-corrected chi connectivity index (χ1v) is 13.1. The maximum absolute atomic E-state index is 13.0. The molecule has 2 aromatic carbocycles. The second-order valence-electron chi connectivity index (χ2n) is 9.15. The van der Waals surface area contributed by atoms with Crippen molar-refractivity contribution in [2.24, 2.45) is 0 Å². The van der Waals surface area contributed by atoms with Gasteiger partial charge >= 0.3 is 0 Å². The summed E-state index contributed by atoms with van der Waals surface area (Å²) in [5.74, 6) is 0.00322. The number of nitrogens with one attached hydrogen (secondary N) is 1. The maximum atomic E-state index is 13.0. The molecule has 194 valence electrons. The summed E-state index contributed by atoms with van der Waals surface area (Å²) in [6.07, 6.45) is 0.919. The summed E-state index contributed by atoms with van der Waals surface area (Å²) in [4.78, 5) is 17.7. The summed E-state index contributed by atoms with van der Waals surface area (Å²) >= 11 is 12.6. The van der Waals surface area contributed by atoms with Crippen molar-refractivity contribution in [2.45, 2.75) is 33.7 Å². The van der Waals surface area contributed by atoms with Gasteiger partial charge in [0.1, 0.15) is 0 Å². The van der Waals surface area contributed by atoms with Crippen LogP contribution in [0.25, 0.3) is 11.3 Å². The number of hydrogen-bond donors (Lipinski definition) is 1. The zero-order valence-electron chi connectivity index (χ0n) is 21.2. The molecule has 1 aliphatic rings. The number of benzene rings is 2. The Morgan fingerprint density at radius 1 is 1.00 bits per heavy atom. The van der Waals surface area contributed by atoms with Gasteiger partial charge in [0.15, 0.2) is 0 Å². The van der Waals surface area contributed by atoms with E-state index in [1.54, 1.807) is 0 Å². The lowest BCUT2D eigenvalue weighted by Gasteiger charge is -2.36. The minimum atomic E-state index is 0. The van der Waals surface area contributed by atoms with Crippen LogP contribution in [0.2, 0.25) is 10.0 Å². The van der Waals surface area contributed by atoms with Gasteiger partial charge < -0.3 is 14.8 Å². The van der Waals surface area contributed by atoms with Gasteiger partial charge in [0.05, 0.1) is 21.3 Å². The number of aryl methyl sites for hydroxylation is 1. The summed E-state index contributed by atoms with van der Waals surface area (Å²) in [6.45, 7) is 12.4. The number of nitrogens with zero attached hydrogens (tertiary/aromatic N) is 3. The number of piperazine rings is 1. The minimum Gasteiger partial charge on any atom is -0.368 e. The highest BCUT2D eigenvalue weighted by molar-refractivity contribution is 6.43. The largest absolute Gasteiger partial charge is 0.368 e. The Morgan fingerprint density at radius 2 is 1.69 bits per heavy atom. The van der Waals surface area contributed by atoms with E-state index in [1.807, 2.05) is 31.2 Å². The van der Waals surface area contributed by atoms with E-state index in [0.717, 1.165) is 73.9 Å². The first-order valence-electron chi connectivity index (χ1n) is 12.4. The Kier molecular flexibility index (Phi) is 10.1. The van der Waals surface area contributed by atoms with Crippen molar-refractivity contribution < 1.29 is 4.79 Å². The fraction of sp³-hybridized carbons (Fsp3) is 0.393. The van der Waals surface area contributed by atoms with Crippen LogP contribution in [0.4, 0.5) is 5.69 Å². The van der Waals surface area contributed by atoms with Gasteiger partial charge in [-0.1, -0.05) is 59.1 Å². The van der Waals surface area contributed by atoms with Crippen molar-refractivity contribution in [1.82, 2.24) is 14.8 Å². The van der Waals surface area contributed by atoms with Crippen LogP contribution in [0, 0.1) is 13.8 Å². The molecule has 0 bridgehead atoms. The fourth-order valence-corrected chi connectivity index (χ4v) is 5.21. The monoisotopic (exact) mass is 548 g/mol. The van der Waals surface area contributed by atoms with Gasteiger partial charge in [-0.2, -0.15) is 0 Å². The third kappa shape index (κ3) is 6.38. The van der Waals surface area contributed by atoms with Crippen LogP contribution in [0.1, 0.15) is 35.0 Å². The standard InChI is InChI=1S/C28H34Cl2N4O.ClH/c1-4-34-21(3)23(19-26(34)22-11-9-20(2)10-12-22)28(35)31-13-6-14-32-15-17-33(18-16-32)25-8-5-7-24(29)27(25)30;/h5,7-12,19H,4,6,13-18H2,1-3H3,(H,31,35);1H. The van der Waals surface area contributed by atoms with Crippen molar-refractivity contribution in [3.63, 3.8) is 0 Å². The van der Waals surface area contributed by atoms with Gasteiger partial charge in [-0.3, -0.25) is 9.69 Å². The Hall–Kier alpha value is -2.18. The van der Waals surface area contributed by atoms with Gasteiger partial charge in [0.25, 0.3) is 5.91 Å². The molecule has 2 heterocycles. The average molecular weight is 550 g/mol. The lowest BCUT2D eigenvalue weighted by molar-refractivity contribution is 0.0950. The summed E-state index contributed by atoms with van der Waals surface area (Å²) < 4.78 is 2.21. The third-order valence-corrected chi connectivity index (χ3v) is 7.66. The van der Waals surface area contributed by atoms with Crippen LogP contribution in [0.3, 0.4) is 0 Å². The molecule has 0 radical (unpaired) electrons. The molecule has 0 spiro atoms.